The van der Waals surface area contributed by atoms with Crippen molar-refractivity contribution in [3.63, 3.8) is 0 Å². The van der Waals surface area contributed by atoms with Crippen LogP contribution in [0.1, 0.15) is 23.2 Å². The molecule has 1 atom stereocenters. The average molecular weight is 297 g/mol. The van der Waals surface area contributed by atoms with Crippen LogP contribution in [0.4, 0.5) is 0 Å². The largest absolute Gasteiger partial charge is 0.507 e. The van der Waals surface area contributed by atoms with Gasteiger partial charge in [-0.3, -0.25) is 9.59 Å². The molecule has 4 N–H and O–H groups in total. The predicted molar refractivity (Wildman–Crippen MR) is 69.9 cm³/mol. The van der Waals surface area contributed by atoms with Gasteiger partial charge >= 0.3 is 11.9 Å². The average Bonchev–Trinajstić information content (AvgIpc) is 2.42. The summed E-state index contributed by atoms with van der Waals surface area (Å²) in [5.41, 5.74) is -0.429. The zero-order valence-corrected chi connectivity index (χ0v) is 11.2. The number of phenols is 2. The number of hydrogen-bond donors (Lipinski definition) is 4. The molecule has 0 aliphatic heterocycles. The van der Waals surface area contributed by atoms with Crippen LogP contribution in [-0.4, -0.2) is 46.3 Å². The Kier molecular flexibility index (Phi) is 5.53. The van der Waals surface area contributed by atoms with Crippen LogP contribution < -0.4 is 5.32 Å². The van der Waals surface area contributed by atoms with E-state index in [2.05, 4.69) is 10.1 Å². The molecule has 0 aromatic heterocycles. The molecule has 1 amide bonds. The highest BCUT2D eigenvalue weighted by atomic mass is 16.5. The first-order chi connectivity index (χ1) is 9.86. The number of methoxy groups -OCH3 is 1. The fourth-order valence-corrected chi connectivity index (χ4v) is 1.61. The molecule has 21 heavy (non-hydrogen) atoms. The molecule has 0 radical (unpaired) electrons. The van der Waals surface area contributed by atoms with Crippen LogP contribution >= 0.6 is 0 Å². The Morgan fingerprint density at radius 3 is 2.29 bits per heavy atom. The van der Waals surface area contributed by atoms with Crippen molar-refractivity contribution in [2.24, 2.45) is 0 Å². The molecular weight excluding hydrogens is 282 g/mol. The van der Waals surface area contributed by atoms with Gasteiger partial charge in [0.15, 0.2) is 0 Å². The minimum Gasteiger partial charge on any atom is -0.507 e. The Labute approximate surface area is 120 Å². The molecule has 0 aliphatic carbocycles. The predicted octanol–water partition coefficient (Wildman–Crippen LogP) is 0.234. The number of hydrogen-bond acceptors (Lipinski definition) is 6. The summed E-state index contributed by atoms with van der Waals surface area (Å²) in [6.07, 6.45) is -0.372. The van der Waals surface area contributed by atoms with E-state index in [-0.39, 0.29) is 12.8 Å². The minimum atomic E-state index is -1.35. The molecule has 0 spiro atoms. The van der Waals surface area contributed by atoms with Gasteiger partial charge in [0.25, 0.3) is 5.91 Å². The normalized spacial score (nSPS) is 11.5. The van der Waals surface area contributed by atoms with Crippen LogP contribution in [0.5, 0.6) is 11.5 Å². The van der Waals surface area contributed by atoms with Crippen LogP contribution in [-0.2, 0) is 14.3 Å². The molecule has 114 valence electrons. The molecule has 1 rings (SSSR count). The third-order valence-electron chi connectivity index (χ3n) is 2.72. The lowest BCUT2D eigenvalue weighted by molar-refractivity contribution is -0.142. The molecule has 1 aromatic rings. The highest BCUT2D eigenvalue weighted by Gasteiger charge is 2.24. The van der Waals surface area contributed by atoms with E-state index < -0.39 is 41.0 Å². The third-order valence-corrected chi connectivity index (χ3v) is 2.72. The molecule has 0 fully saturated rings. The van der Waals surface area contributed by atoms with Gasteiger partial charge < -0.3 is 25.4 Å². The quantitative estimate of drug-likeness (QED) is 0.552. The summed E-state index contributed by atoms with van der Waals surface area (Å²) in [6, 6.07) is 2.33. The van der Waals surface area contributed by atoms with Gasteiger partial charge in [0.1, 0.15) is 23.1 Å². The summed E-state index contributed by atoms with van der Waals surface area (Å²) in [4.78, 5) is 33.9. The molecule has 8 heteroatoms. The van der Waals surface area contributed by atoms with Gasteiger partial charge in [0.05, 0.1) is 7.11 Å². The standard InChI is InChI=1S/C13H15NO7/c1-21-10(17)6-5-7(13(19)20)14-12(18)11-8(15)3-2-4-9(11)16/h2-4,7,15-16H,5-6H2,1H3,(H,14,18)(H,19,20)/t7-/m1/s1. The second kappa shape index (κ2) is 7.13. The maximum absolute atomic E-state index is 11.9. The highest BCUT2D eigenvalue weighted by molar-refractivity contribution is 6.01. The van der Waals surface area contributed by atoms with E-state index >= 15 is 0 Å². The number of carboxylic acid groups (broad SMARTS) is 1. The summed E-state index contributed by atoms with van der Waals surface area (Å²) in [5.74, 6) is -3.87. The smallest absolute Gasteiger partial charge is 0.326 e. The molecular formula is C13H15NO7. The third kappa shape index (κ3) is 4.37. The van der Waals surface area contributed by atoms with Gasteiger partial charge in [-0.2, -0.15) is 0 Å². The highest BCUT2D eigenvalue weighted by Crippen LogP contribution is 2.26. The Bertz CT molecular complexity index is 535. The molecule has 0 bridgehead atoms. The van der Waals surface area contributed by atoms with Crippen molar-refractivity contribution in [3.05, 3.63) is 23.8 Å². The molecule has 8 nitrogen and oxygen atoms in total. The van der Waals surface area contributed by atoms with Crippen molar-refractivity contribution in [2.45, 2.75) is 18.9 Å². The van der Waals surface area contributed by atoms with Crippen molar-refractivity contribution >= 4 is 17.8 Å². The number of aliphatic carboxylic acids is 1. The van der Waals surface area contributed by atoms with Gasteiger partial charge in [0, 0.05) is 6.42 Å². The maximum atomic E-state index is 11.9. The Morgan fingerprint density at radius 1 is 1.24 bits per heavy atom. The first-order valence-corrected chi connectivity index (χ1v) is 5.98. The van der Waals surface area contributed by atoms with Crippen LogP contribution in [0, 0.1) is 0 Å². The number of nitrogens with one attached hydrogen (secondary N) is 1. The molecule has 0 unspecified atom stereocenters. The lowest BCUT2D eigenvalue weighted by Gasteiger charge is -2.15. The van der Waals surface area contributed by atoms with Crippen molar-refractivity contribution in [3.8, 4) is 11.5 Å². The first-order valence-electron chi connectivity index (χ1n) is 5.98. The van der Waals surface area contributed by atoms with Crippen molar-refractivity contribution < 1.29 is 34.4 Å². The number of carbonyl (C=O) groups is 3. The van der Waals surface area contributed by atoms with E-state index in [0.29, 0.717) is 0 Å². The van der Waals surface area contributed by atoms with E-state index in [1.54, 1.807) is 0 Å². The monoisotopic (exact) mass is 297 g/mol. The molecule has 0 aliphatic rings. The molecule has 1 aromatic carbocycles. The fraction of sp³-hybridized carbons (Fsp3) is 0.308. The van der Waals surface area contributed by atoms with Gasteiger partial charge in [-0.1, -0.05) is 6.07 Å². The topological polar surface area (TPSA) is 133 Å². The Morgan fingerprint density at radius 2 is 1.81 bits per heavy atom. The van der Waals surface area contributed by atoms with Crippen LogP contribution in [0.3, 0.4) is 0 Å². The van der Waals surface area contributed by atoms with Crippen LogP contribution in [0.25, 0.3) is 0 Å². The molecule has 0 heterocycles. The number of benzene rings is 1. The SMILES string of the molecule is COC(=O)CC[C@@H](NC(=O)c1c(O)cccc1O)C(=O)O. The Hall–Kier alpha value is -2.77. The summed E-state index contributed by atoms with van der Waals surface area (Å²) < 4.78 is 4.38. The van der Waals surface area contributed by atoms with Crippen molar-refractivity contribution in [2.75, 3.05) is 7.11 Å². The summed E-state index contributed by atoms with van der Waals surface area (Å²) in [7, 11) is 1.16. The minimum absolute atomic E-state index is 0.178. The zero-order chi connectivity index (χ0) is 16.0. The van der Waals surface area contributed by atoms with Gasteiger partial charge in [0.2, 0.25) is 0 Å². The molecule has 0 saturated carbocycles. The van der Waals surface area contributed by atoms with E-state index in [0.717, 1.165) is 7.11 Å². The second-order valence-electron chi connectivity index (χ2n) is 4.15. The second-order valence-corrected chi connectivity index (χ2v) is 4.15. The number of rotatable bonds is 6. The lowest BCUT2D eigenvalue weighted by atomic mass is 10.1. The van der Waals surface area contributed by atoms with Crippen LogP contribution in [0.2, 0.25) is 0 Å². The fourth-order valence-electron chi connectivity index (χ4n) is 1.61. The van der Waals surface area contributed by atoms with Gasteiger partial charge in [-0.05, 0) is 18.6 Å². The summed E-state index contributed by atoms with van der Waals surface area (Å²) in [6.45, 7) is 0. The van der Waals surface area contributed by atoms with Gasteiger partial charge in [-0.25, -0.2) is 4.79 Å². The van der Waals surface area contributed by atoms with E-state index in [1.165, 1.54) is 18.2 Å². The molecule has 0 saturated heterocycles. The number of carboxylic acids is 1. The van der Waals surface area contributed by atoms with Crippen molar-refractivity contribution in [1.29, 1.82) is 0 Å². The number of amides is 1. The lowest BCUT2D eigenvalue weighted by Crippen LogP contribution is -2.41. The van der Waals surface area contributed by atoms with E-state index in [4.69, 9.17) is 5.11 Å². The van der Waals surface area contributed by atoms with E-state index in [9.17, 15) is 24.6 Å². The Balaban J connectivity index is 2.82. The number of carbonyl (C=O) groups excluding carboxylic acids is 2. The maximum Gasteiger partial charge on any atom is 0.326 e. The zero-order valence-electron chi connectivity index (χ0n) is 11.2. The first kappa shape index (κ1) is 16.3. The summed E-state index contributed by atoms with van der Waals surface area (Å²) in [5, 5.41) is 30.2. The van der Waals surface area contributed by atoms with Gasteiger partial charge in [-0.15, -0.1) is 0 Å². The van der Waals surface area contributed by atoms with E-state index in [1.807, 2.05) is 0 Å². The number of ether oxygens (including phenoxy) is 1. The van der Waals surface area contributed by atoms with Crippen molar-refractivity contribution in [1.82, 2.24) is 5.32 Å². The number of phenolic OH excluding ortho intramolecular Hbond substituents is 2. The van der Waals surface area contributed by atoms with Crippen LogP contribution in [0.15, 0.2) is 18.2 Å². The number of esters is 1. The summed E-state index contributed by atoms with van der Waals surface area (Å²) >= 11 is 0. The number of aromatic hydroxyl groups is 2.